The average molecular weight is 343 g/mol. The van der Waals surface area contributed by atoms with Crippen LogP contribution >= 0.6 is 11.6 Å². The molecule has 122 valence electrons. The van der Waals surface area contributed by atoms with Gasteiger partial charge in [-0.2, -0.15) is 0 Å². The Morgan fingerprint density at radius 3 is 2.50 bits per heavy atom. The highest BCUT2D eigenvalue weighted by molar-refractivity contribution is 6.53. The SMILES string of the molecule is COc1cccc(NC2=C(Cl)C(=O)N(c3cccc(C)c3)C2=O)c1. The van der Waals surface area contributed by atoms with Gasteiger partial charge in [0.1, 0.15) is 16.5 Å². The van der Waals surface area contributed by atoms with Crippen LogP contribution in [0.4, 0.5) is 11.4 Å². The number of aryl methyl sites for hydroxylation is 1. The summed E-state index contributed by atoms with van der Waals surface area (Å²) >= 11 is 6.11. The first-order chi connectivity index (χ1) is 11.5. The van der Waals surface area contributed by atoms with E-state index in [1.54, 1.807) is 49.6 Å². The van der Waals surface area contributed by atoms with E-state index in [4.69, 9.17) is 16.3 Å². The lowest BCUT2D eigenvalue weighted by Gasteiger charge is -2.15. The fourth-order valence-corrected chi connectivity index (χ4v) is 2.67. The molecular formula is C18H15ClN2O3. The highest BCUT2D eigenvalue weighted by Crippen LogP contribution is 2.31. The molecule has 24 heavy (non-hydrogen) atoms. The number of imide groups is 1. The number of hydrogen-bond acceptors (Lipinski definition) is 4. The van der Waals surface area contributed by atoms with Crippen molar-refractivity contribution in [1.29, 1.82) is 0 Å². The third kappa shape index (κ3) is 2.86. The van der Waals surface area contributed by atoms with Crippen molar-refractivity contribution in [1.82, 2.24) is 0 Å². The molecular weight excluding hydrogens is 328 g/mol. The van der Waals surface area contributed by atoms with E-state index in [0.717, 1.165) is 10.5 Å². The molecule has 2 aromatic carbocycles. The van der Waals surface area contributed by atoms with Crippen molar-refractivity contribution in [2.45, 2.75) is 6.92 Å². The summed E-state index contributed by atoms with van der Waals surface area (Å²) in [6.45, 7) is 1.89. The van der Waals surface area contributed by atoms with Gasteiger partial charge in [0, 0.05) is 11.8 Å². The van der Waals surface area contributed by atoms with Gasteiger partial charge in [-0.15, -0.1) is 0 Å². The quantitative estimate of drug-likeness (QED) is 0.865. The van der Waals surface area contributed by atoms with E-state index in [-0.39, 0.29) is 10.7 Å². The summed E-state index contributed by atoms with van der Waals surface area (Å²) in [5, 5.41) is 2.78. The molecule has 0 unspecified atom stereocenters. The van der Waals surface area contributed by atoms with Gasteiger partial charge >= 0.3 is 0 Å². The molecule has 3 rings (SSSR count). The Morgan fingerprint density at radius 1 is 1.04 bits per heavy atom. The number of nitrogens with one attached hydrogen (secondary N) is 1. The standard InChI is InChI=1S/C18H15ClN2O3/c1-11-5-3-7-13(9-11)21-17(22)15(19)16(18(21)23)20-12-6-4-8-14(10-12)24-2/h3-10,20H,1-2H3. The molecule has 0 aliphatic carbocycles. The molecule has 2 amide bonds. The zero-order chi connectivity index (χ0) is 17.3. The van der Waals surface area contributed by atoms with Crippen LogP contribution in [0.25, 0.3) is 0 Å². The van der Waals surface area contributed by atoms with E-state index in [9.17, 15) is 9.59 Å². The van der Waals surface area contributed by atoms with Crippen molar-refractivity contribution in [3.8, 4) is 5.75 Å². The minimum absolute atomic E-state index is 0.0522. The van der Waals surface area contributed by atoms with E-state index >= 15 is 0 Å². The van der Waals surface area contributed by atoms with Crippen LogP contribution in [0, 0.1) is 6.92 Å². The minimum atomic E-state index is -0.544. The minimum Gasteiger partial charge on any atom is -0.497 e. The van der Waals surface area contributed by atoms with Crippen molar-refractivity contribution >= 4 is 34.8 Å². The van der Waals surface area contributed by atoms with Crippen LogP contribution in [0.15, 0.2) is 59.3 Å². The summed E-state index contributed by atoms with van der Waals surface area (Å²) < 4.78 is 5.15. The first-order valence-corrected chi connectivity index (χ1v) is 7.65. The maximum atomic E-state index is 12.7. The lowest BCUT2D eigenvalue weighted by Crippen LogP contribution is -2.32. The average Bonchev–Trinajstić information content (AvgIpc) is 2.79. The molecule has 5 nitrogen and oxygen atoms in total. The zero-order valence-corrected chi connectivity index (χ0v) is 13.9. The molecule has 1 heterocycles. The summed E-state index contributed by atoms with van der Waals surface area (Å²) in [4.78, 5) is 26.1. The van der Waals surface area contributed by atoms with Crippen LogP contribution in [-0.4, -0.2) is 18.9 Å². The summed E-state index contributed by atoms with van der Waals surface area (Å²) in [6, 6.07) is 14.1. The summed E-state index contributed by atoms with van der Waals surface area (Å²) in [5.41, 5.74) is 2.09. The van der Waals surface area contributed by atoms with Crippen LogP contribution in [-0.2, 0) is 9.59 Å². The molecule has 6 heteroatoms. The van der Waals surface area contributed by atoms with Crippen molar-refractivity contribution in [2.24, 2.45) is 0 Å². The molecule has 1 aliphatic rings. The maximum absolute atomic E-state index is 12.7. The Bertz CT molecular complexity index is 861. The molecule has 0 bridgehead atoms. The van der Waals surface area contributed by atoms with E-state index in [2.05, 4.69) is 5.32 Å². The number of amides is 2. The van der Waals surface area contributed by atoms with Gasteiger partial charge in [-0.25, -0.2) is 4.90 Å². The number of benzene rings is 2. The molecule has 0 saturated carbocycles. The van der Waals surface area contributed by atoms with E-state index in [1.165, 1.54) is 0 Å². The number of carbonyl (C=O) groups excluding carboxylic acids is 2. The van der Waals surface area contributed by atoms with Crippen LogP contribution in [0.1, 0.15) is 5.56 Å². The summed E-state index contributed by atoms with van der Waals surface area (Å²) in [7, 11) is 1.55. The fourth-order valence-electron chi connectivity index (χ4n) is 2.46. The Hall–Kier alpha value is -2.79. The Balaban J connectivity index is 1.91. The lowest BCUT2D eigenvalue weighted by molar-refractivity contribution is -0.120. The Labute approximate surface area is 144 Å². The summed E-state index contributed by atoms with van der Waals surface area (Å²) in [6.07, 6.45) is 0. The maximum Gasteiger partial charge on any atom is 0.283 e. The van der Waals surface area contributed by atoms with Crippen LogP contribution in [0.5, 0.6) is 5.75 Å². The molecule has 0 saturated heterocycles. The third-order valence-electron chi connectivity index (χ3n) is 3.63. The van der Waals surface area contributed by atoms with Crippen LogP contribution in [0.3, 0.4) is 0 Å². The molecule has 1 aliphatic heterocycles. The highest BCUT2D eigenvalue weighted by atomic mass is 35.5. The molecule has 0 fully saturated rings. The number of anilines is 2. The fraction of sp³-hybridized carbons (Fsp3) is 0.111. The number of methoxy groups -OCH3 is 1. The van der Waals surface area contributed by atoms with Gasteiger partial charge in [0.05, 0.1) is 12.8 Å². The van der Waals surface area contributed by atoms with Crippen molar-refractivity contribution < 1.29 is 14.3 Å². The van der Waals surface area contributed by atoms with Crippen molar-refractivity contribution in [2.75, 3.05) is 17.3 Å². The van der Waals surface area contributed by atoms with Gasteiger partial charge in [-0.3, -0.25) is 9.59 Å². The van der Waals surface area contributed by atoms with Gasteiger partial charge in [0.25, 0.3) is 11.8 Å². The molecule has 2 aromatic rings. The van der Waals surface area contributed by atoms with Crippen molar-refractivity contribution in [3.05, 3.63) is 64.8 Å². The lowest BCUT2D eigenvalue weighted by atomic mass is 10.2. The largest absolute Gasteiger partial charge is 0.497 e. The number of ether oxygens (including phenoxy) is 1. The number of rotatable bonds is 4. The molecule has 0 aromatic heterocycles. The van der Waals surface area contributed by atoms with Gasteiger partial charge in [-0.1, -0.05) is 29.8 Å². The van der Waals surface area contributed by atoms with Gasteiger partial charge in [0.2, 0.25) is 0 Å². The van der Waals surface area contributed by atoms with Crippen LogP contribution in [0.2, 0.25) is 0 Å². The van der Waals surface area contributed by atoms with E-state index < -0.39 is 11.8 Å². The smallest absolute Gasteiger partial charge is 0.283 e. The number of halogens is 1. The van der Waals surface area contributed by atoms with E-state index in [1.807, 2.05) is 13.0 Å². The topological polar surface area (TPSA) is 58.6 Å². The van der Waals surface area contributed by atoms with E-state index in [0.29, 0.717) is 17.1 Å². The number of nitrogens with zero attached hydrogens (tertiary/aromatic N) is 1. The first-order valence-electron chi connectivity index (χ1n) is 7.27. The van der Waals surface area contributed by atoms with Crippen LogP contribution < -0.4 is 15.0 Å². The second-order valence-electron chi connectivity index (χ2n) is 5.33. The highest BCUT2D eigenvalue weighted by Gasteiger charge is 2.38. The van der Waals surface area contributed by atoms with Gasteiger partial charge < -0.3 is 10.1 Å². The van der Waals surface area contributed by atoms with Crippen molar-refractivity contribution in [3.63, 3.8) is 0 Å². The predicted octanol–water partition coefficient (Wildman–Crippen LogP) is 3.44. The predicted molar refractivity (Wildman–Crippen MR) is 93.2 cm³/mol. The van der Waals surface area contributed by atoms with Gasteiger partial charge in [-0.05, 0) is 36.8 Å². The second-order valence-corrected chi connectivity index (χ2v) is 5.71. The number of carbonyl (C=O) groups is 2. The summed E-state index contributed by atoms with van der Waals surface area (Å²) in [5.74, 6) is -0.403. The first kappa shape index (κ1) is 16.1. The molecule has 0 spiro atoms. The normalized spacial score (nSPS) is 14.4. The zero-order valence-electron chi connectivity index (χ0n) is 13.2. The Morgan fingerprint density at radius 2 is 1.79 bits per heavy atom. The monoisotopic (exact) mass is 342 g/mol. The molecule has 0 atom stereocenters. The number of hydrogen-bond donors (Lipinski definition) is 1. The Kier molecular flexibility index (Phi) is 4.27. The third-order valence-corrected chi connectivity index (χ3v) is 3.98. The van der Waals surface area contributed by atoms with Gasteiger partial charge in [0.15, 0.2) is 0 Å². The second kappa shape index (κ2) is 6.37. The molecule has 0 radical (unpaired) electrons. The molecule has 1 N–H and O–H groups in total.